The van der Waals surface area contributed by atoms with E-state index in [1.807, 2.05) is 0 Å². The van der Waals surface area contributed by atoms with Crippen molar-refractivity contribution >= 4 is 0 Å². The summed E-state index contributed by atoms with van der Waals surface area (Å²) >= 11 is 0. The first kappa shape index (κ1) is 17.5. The average molecular weight is 290 g/mol. The SMILES string of the molecule is CCC(C)CN(CC)CC(O)COc1cccc(C#N)c1. The van der Waals surface area contributed by atoms with Crippen LogP contribution in [0.2, 0.25) is 0 Å². The second-order valence-corrected chi connectivity index (χ2v) is 5.47. The Hall–Kier alpha value is -1.57. The van der Waals surface area contributed by atoms with E-state index in [4.69, 9.17) is 10.00 Å². The Balaban J connectivity index is 2.41. The number of likely N-dealkylation sites (N-methyl/N-ethyl adjacent to an activating group) is 1. The van der Waals surface area contributed by atoms with Gasteiger partial charge in [0, 0.05) is 13.1 Å². The van der Waals surface area contributed by atoms with Crippen LogP contribution in [0, 0.1) is 17.2 Å². The van der Waals surface area contributed by atoms with E-state index >= 15 is 0 Å². The minimum Gasteiger partial charge on any atom is -0.491 e. The zero-order valence-electron chi connectivity index (χ0n) is 13.2. The zero-order valence-corrected chi connectivity index (χ0v) is 13.2. The van der Waals surface area contributed by atoms with Crippen molar-refractivity contribution in [2.24, 2.45) is 5.92 Å². The van der Waals surface area contributed by atoms with E-state index in [1.54, 1.807) is 24.3 Å². The molecule has 116 valence electrons. The fourth-order valence-electron chi connectivity index (χ4n) is 2.10. The van der Waals surface area contributed by atoms with Crippen LogP contribution in [0.4, 0.5) is 0 Å². The Morgan fingerprint density at radius 2 is 2.10 bits per heavy atom. The zero-order chi connectivity index (χ0) is 15.7. The first-order valence-electron chi connectivity index (χ1n) is 7.62. The number of hydrogen-bond donors (Lipinski definition) is 1. The molecule has 1 N–H and O–H groups in total. The minimum absolute atomic E-state index is 0.242. The predicted molar refractivity (Wildman–Crippen MR) is 84.2 cm³/mol. The highest BCUT2D eigenvalue weighted by atomic mass is 16.5. The molecule has 0 aliphatic rings. The number of nitriles is 1. The Labute approximate surface area is 128 Å². The van der Waals surface area contributed by atoms with E-state index in [9.17, 15) is 5.11 Å². The summed E-state index contributed by atoms with van der Waals surface area (Å²) < 4.78 is 5.56. The molecule has 0 bridgehead atoms. The molecule has 0 amide bonds. The summed E-state index contributed by atoms with van der Waals surface area (Å²) in [6.45, 7) is 9.27. The van der Waals surface area contributed by atoms with E-state index in [0.29, 0.717) is 23.8 Å². The van der Waals surface area contributed by atoms with Crippen molar-refractivity contribution in [1.82, 2.24) is 4.90 Å². The van der Waals surface area contributed by atoms with Crippen molar-refractivity contribution < 1.29 is 9.84 Å². The molecule has 0 radical (unpaired) electrons. The first-order valence-corrected chi connectivity index (χ1v) is 7.62. The van der Waals surface area contributed by atoms with Gasteiger partial charge in [0.2, 0.25) is 0 Å². The Bertz CT molecular complexity index is 456. The molecule has 0 saturated carbocycles. The third-order valence-electron chi connectivity index (χ3n) is 3.59. The van der Waals surface area contributed by atoms with Crippen molar-refractivity contribution in [3.63, 3.8) is 0 Å². The molecule has 4 nitrogen and oxygen atoms in total. The Morgan fingerprint density at radius 3 is 2.71 bits per heavy atom. The number of aliphatic hydroxyl groups is 1. The summed E-state index contributed by atoms with van der Waals surface area (Å²) in [5, 5.41) is 18.9. The molecular weight excluding hydrogens is 264 g/mol. The lowest BCUT2D eigenvalue weighted by molar-refractivity contribution is 0.0651. The van der Waals surface area contributed by atoms with Gasteiger partial charge < -0.3 is 14.7 Å². The lowest BCUT2D eigenvalue weighted by atomic mass is 10.1. The van der Waals surface area contributed by atoms with Gasteiger partial charge in [0.15, 0.2) is 0 Å². The van der Waals surface area contributed by atoms with E-state index in [0.717, 1.165) is 19.5 Å². The van der Waals surface area contributed by atoms with Gasteiger partial charge in [-0.15, -0.1) is 0 Å². The fraction of sp³-hybridized carbons (Fsp3) is 0.588. The summed E-state index contributed by atoms with van der Waals surface area (Å²) in [5.74, 6) is 1.25. The highest BCUT2D eigenvalue weighted by Gasteiger charge is 2.13. The van der Waals surface area contributed by atoms with Gasteiger partial charge in [-0.05, 0) is 30.7 Å². The number of nitrogens with zero attached hydrogens (tertiary/aromatic N) is 2. The molecule has 2 unspecified atom stereocenters. The quantitative estimate of drug-likeness (QED) is 0.759. The minimum atomic E-state index is -0.528. The largest absolute Gasteiger partial charge is 0.491 e. The van der Waals surface area contributed by atoms with E-state index in [-0.39, 0.29) is 6.61 Å². The number of aliphatic hydroxyl groups excluding tert-OH is 1. The maximum absolute atomic E-state index is 10.1. The molecular formula is C17H26N2O2. The molecule has 0 aromatic heterocycles. The van der Waals surface area contributed by atoms with E-state index < -0.39 is 6.10 Å². The van der Waals surface area contributed by atoms with Gasteiger partial charge in [0.05, 0.1) is 11.6 Å². The molecule has 0 aliphatic heterocycles. The van der Waals surface area contributed by atoms with Crippen LogP contribution in [-0.2, 0) is 0 Å². The van der Waals surface area contributed by atoms with E-state index in [1.165, 1.54) is 0 Å². The Morgan fingerprint density at radius 1 is 1.33 bits per heavy atom. The van der Waals surface area contributed by atoms with Crippen LogP contribution < -0.4 is 4.74 Å². The first-order chi connectivity index (χ1) is 10.1. The standard InChI is InChI=1S/C17H26N2O2/c1-4-14(3)11-19(5-2)12-16(20)13-21-17-8-6-7-15(9-17)10-18/h6-9,14,16,20H,4-5,11-13H2,1-3H3. The molecule has 1 rings (SSSR count). The maximum atomic E-state index is 10.1. The van der Waals surface area contributed by atoms with Crippen molar-refractivity contribution in [3.8, 4) is 11.8 Å². The second kappa shape index (κ2) is 9.38. The van der Waals surface area contributed by atoms with Crippen molar-refractivity contribution in [1.29, 1.82) is 5.26 Å². The summed E-state index contributed by atoms with van der Waals surface area (Å²) in [5.41, 5.74) is 0.564. The van der Waals surface area contributed by atoms with Gasteiger partial charge in [-0.1, -0.05) is 33.3 Å². The number of hydrogen-bond acceptors (Lipinski definition) is 4. The smallest absolute Gasteiger partial charge is 0.120 e. The summed E-state index contributed by atoms with van der Waals surface area (Å²) in [6.07, 6.45) is 0.615. The molecule has 0 aliphatic carbocycles. The van der Waals surface area contributed by atoms with Crippen molar-refractivity contribution in [2.75, 3.05) is 26.2 Å². The van der Waals surface area contributed by atoms with Crippen molar-refractivity contribution in [2.45, 2.75) is 33.3 Å². The second-order valence-electron chi connectivity index (χ2n) is 5.47. The lowest BCUT2D eigenvalue weighted by Gasteiger charge is -2.26. The van der Waals surface area contributed by atoms with Crippen LogP contribution in [0.5, 0.6) is 5.75 Å². The predicted octanol–water partition coefficient (Wildman–Crippen LogP) is 2.67. The van der Waals surface area contributed by atoms with Gasteiger partial charge in [0.25, 0.3) is 0 Å². The molecule has 0 fully saturated rings. The molecule has 1 aromatic rings. The highest BCUT2D eigenvalue weighted by Crippen LogP contribution is 2.13. The molecule has 1 aromatic carbocycles. The van der Waals surface area contributed by atoms with E-state index in [2.05, 4.69) is 31.7 Å². The van der Waals surface area contributed by atoms with Gasteiger partial charge in [-0.25, -0.2) is 0 Å². The fourth-order valence-corrected chi connectivity index (χ4v) is 2.10. The summed E-state index contributed by atoms with van der Waals surface area (Å²) in [6, 6.07) is 9.06. The normalized spacial score (nSPS) is 13.7. The third kappa shape index (κ3) is 6.61. The summed E-state index contributed by atoms with van der Waals surface area (Å²) in [4.78, 5) is 2.24. The molecule has 2 atom stereocenters. The molecule has 0 heterocycles. The van der Waals surface area contributed by atoms with Gasteiger partial charge in [-0.3, -0.25) is 0 Å². The van der Waals surface area contributed by atoms with Gasteiger partial charge in [-0.2, -0.15) is 5.26 Å². The van der Waals surface area contributed by atoms with Crippen LogP contribution >= 0.6 is 0 Å². The molecule has 0 saturated heterocycles. The monoisotopic (exact) mass is 290 g/mol. The third-order valence-corrected chi connectivity index (χ3v) is 3.59. The average Bonchev–Trinajstić information content (AvgIpc) is 2.52. The number of ether oxygens (including phenoxy) is 1. The lowest BCUT2D eigenvalue weighted by Crippen LogP contribution is -2.37. The van der Waals surface area contributed by atoms with Crippen LogP contribution in [0.15, 0.2) is 24.3 Å². The number of rotatable bonds is 9. The maximum Gasteiger partial charge on any atom is 0.120 e. The van der Waals surface area contributed by atoms with Crippen LogP contribution in [0.3, 0.4) is 0 Å². The van der Waals surface area contributed by atoms with Crippen molar-refractivity contribution in [3.05, 3.63) is 29.8 Å². The number of benzene rings is 1. The van der Waals surface area contributed by atoms with Gasteiger partial charge in [0.1, 0.15) is 18.5 Å². The molecule has 4 heteroatoms. The topological polar surface area (TPSA) is 56.5 Å². The van der Waals surface area contributed by atoms with Crippen LogP contribution in [-0.4, -0.2) is 42.4 Å². The molecule has 21 heavy (non-hydrogen) atoms. The molecule has 0 spiro atoms. The van der Waals surface area contributed by atoms with Crippen LogP contribution in [0.25, 0.3) is 0 Å². The Kier molecular flexibility index (Phi) is 7.81. The highest BCUT2D eigenvalue weighted by molar-refractivity contribution is 5.36. The summed E-state index contributed by atoms with van der Waals surface area (Å²) in [7, 11) is 0. The van der Waals surface area contributed by atoms with Gasteiger partial charge >= 0.3 is 0 Å². The van der Waals surface area contributed by atoms with Crippen LogP contribution in [0.1, 0.15) is 32.8 Å².